The van der Waals surface area contributed by atoms with Crippen LogP contribution in [0.3, 0.4) is 0 Å². The van der Waals surface area contributed by atoms with E-state index in [1.54, 1.807) is 37.9 Å². The van der Waals surface area contributed by atoms with Crippen LogP contribution in [0, 0.1) is 0 Å². The fourth-order valence-electron chi connectivity index (χ4n) is 2.82. The monoisotopic (exact) mass is 685 g/mol. The molecule has 5 aromatic heterocycles. The number of aryl methyl sites for hydroxylation is 2. The summed E-state index contributed by atoms with van der Waals surface area (Å²) in [5, 5.41) is 10.4. The molecular weight excluding hydrogens is 664 g/mol. The molecule has 20 heteroatoms. The first-order valence-electron chi connectivity index (χ1n) is 12.1. The van der Waals surface area contributed by atoms with Gasteiger partial charge in [-0.3, -0.25) is 29.9 Å². The molecule has 0 bridgehead atoms. The van der Waals surface area contributed by atoms with Crippen LogP contribution in [-0.2, 0) is 23.0 Å². The van der Waals surface area contributed by atoms with Gasteiger partial charge in [0.05, 0.1) is 28.3 Å². The van der Waals surface area contributed by atoms with Crippen molar-refractivity contribution in [1.82, 2.24) is 39.9 Å². The smallest absolute Gasteiger partial charge is 0.492 e. The van der Waals surface area contributed by atoms with E-state index >= 15 is 0 Å². The minimum atomic E-state index is -5.74. The molecule has 44 heavy (non-hydrogen) atoms. The lowest BCUT2D eigenvalue weighted by Crippen LogP contribution is -2.28. The van der Waals surface area contributed by atoms with Gasteiger partial charge in [0.2, 0.25) is 11.8 Å². The molecule has 3 N–H and O–H groups in total. The Labute approximate surface area is 262 Å². The number of hydrogen-bond donors (Lipinski definition) is 2. The van der Waals surface area contributed by atoms with Gasteiger partial charge in [-0.25, -0.2) is 0 Å². The van der Waals surface area contributed by atoms with Gasteiger partial charge >= 0.3 is 15.6 Å². The van der Waals surface area contributed by atoms with Gasteiger partial charge in [0.1, 0.15) is 32.1 Å². The third-order valence-electron chi connectivity index (χ3n) is 4.83. The number of aromatic nitrogens is 8. The standard InChI is InChI=1S/C10H8F3N3O3S2.C9H9N3OS.C5H5N3S/c1-2-7-8(19-21(17,18)10(11,12)13)16-9(20-7)6-5-14-3-4-15-6;1-2-7-8(13)12-9(14-7)6-5-10-3-4-11-6;6-5(9)4-3-7-1-2-8-4/h3-5H,2H2,1H3;3-5,13H,2H2,1H3;1-3H,(H2,6,9). The number of aromatic hydroxyl groups is 1. The van der Waals surface area contributed by atoms with Crippen LogP contribution in [0.25, 0.3) is 21.4 Å². The number of thiazole rings is 2. The molecule has 5 aromatic rings. The van der Waals surface area contributed by atoms with Gasteiger partial charge in [-0.1, -0.05) is 26.1 Å². The van der Waals surface area contributed by atoms with Crippen molar-refractivity contribution in [2.45, 2.75) is 32.2 Å². The quantitative estimate of drug-likeness (QED) is 0.139. The summed E-state index contributed by atoms with van der Waals surface area (Å²) in [5.41, 5.74) is 1.32. The van der Waals surface area contributed by atoms with Gasteiger partial charge in [0.25, 0.3) is 0 Å². The van der Waals surface area contributed by atoms with Crippen molar-refractivity contribution in [2.75, 3.05) is 0 Å². The molecule has 0 radical (unpaired) electrons. The zero-order valence-corrected chi connectivity index (χ0v) is 26.0. The predicted octanol–water partition coefficient (Wildman–Crippen LogP) is 4.37. The predicted molar refractivity (Wildman–Crippen MR) is 160 cm³/mol. The molecule has 13 nitrogen and oxygen atoms in total. The molecule has 0 saturated heterocycles. The zero-order valence-electron chi connectivity index (χ0n) is 22.7. The molecule has 0 aliphatic carbocycles. The first kappa shape index (κ1) is 34.2. The number of rotatable bonds is 7. The highest BCUT2D eigenvalue weighted by molar-refractivity contribution is 7.88. The molecule has 0 aromatic carbocycles. The van der Waals surface area contributed by atoms with E-state index in [-0.39, 0.29) is 27.2 Å². The van der Waals surface area contributed by atoms with Gasteiger partial charge in [0, 0.05) is 37.2 Å². The van der Waals surface area contributed by atoms with Crippen molar-refractivity contribution in [1.29, 1.82) is 0 Å². The van der Waals surface area contributed by atoms with Crippen LogP contribution in [0.2, 0.25) is 0 Å². The molecule has 0 amide bonds. The second-order valence-electron chi connectivity index (χ2n) is 7.84. The maximum Gasteiger partial charge on any atom is 0.534 e. The van der Waals surface area contributed by atoms with Gasteiger partial charge in [-0.05, 0) is 12.8 Å². The summed E-state index contributed by atoms with van der Waals surface area (Å²) in [6.45, 7) is 3.62. The lowest BCUT2D eigenvalue weighted by Gasteiger charge is -2.07. The molecule has 5 rings (SSSR count). The van der Waals surface area contributed by atoms with Crippen LogP contribution in [-0.4, -0.2) is 63.9 Å². The Balaban J connectivity index is 0.000000197. The molecule has 0 atom stereocenters. The van der Waals surface area contributed by atoms with Crippen molar-refractivity contribution in [3.05, 3.63) is 71.2 Å². The third-order valence-corrected chi connectivity index (χ3v) is 8.40. The van der Waals surface area contributed by atoms with E-state index in [1.807, 2.05) is 6.92 Å². The first-order chi connectivity index (χ1) is 20.9. The Hall–Kier alpha value is -4.27. The van der Waals surface area contributed by atoms with Crippen molar-refractivity contribution < 1.29 is 30.9 Å². The fraction of sp³-hybridized carbons (Fsp3) is 0.208. The molecule has 0 spiro atoms. The van der Waals surface area contributed by atoms with Crippen LogP contribution in [0.5, 0.6) is 11.8 Å². The summed E-state index contributed by atoms with van der Waals surface area (Å²) in [6, 6.07) is 0. The van der Waals surface area contributed by atoms with Gasteiger partial charge < -0.3 is 15.0 Å². The SMILES string of the molecule is CCc1sc(-c2cnccn2)nc1O.CCc1sc(-c2cnccn2)nc1OS(=O)(=O)C(F)(F)F.NC(=S)c1cnccn1. The van der Waals surface area contributed by atoms with Crippen LogP contribution in [0.1, 0.15) is 29.3 Å². The molecule has 0 unspecified atom stereocenters. The van der Waals surface area contributed by atoms with Crippen molar-refractivity contribution in [2.24, 2.45) is 5.73 Å². The van der Waals surface area contributed by atoms with Crippen LogP contribution >= 0.6 is 34.9 Å². The van der Waals surface area contributed by atoms with E-state index in [4.69, 9.17) is 5.73 Å². The van der Waals surface area contributed by atoms with Crippen LogP contribution in [0.4, 0.5) is 13.2 Å². The van der Waals surface area contributed by atoms with Crippen LogP contribution in [0.15, 0.2) is 55.8 Å². The van der Waals surface area contributed by atoms with Gasteiger partial charge in [0.15, 0.2) is 0 Å². The van der Waals surface area contributed by atoms with E-state index in [2.05, 4.69) is 56.3 Å². The first-order valence-corrected chi connectivity index (χ1v) is 15.6. The molecule has 5 heterocycles. The van der Waals surface area contributed by atoms with Crippen LogP contribution < -0.4 is 9.92 Å². The maximum absolute atomic E-state index is 12.3. The summed E-state index contributed by atoms with van der Waals surface area (Å²) >= 11 is 7.08. The summed E-state index contributed by atoms with van der Waals surface area (Å²) in [6.07, 6.45) is 14.7. The zero-order chi connectivity index (χ0) is 32.3. The van der Waals surface area contributed by atoms with Gasteiger partial charge in [-0.2, -0.15) is 31.6 Å². The Kier molecular flexibility index (Phi) is 12.0. The molecule has 0 aliphatic heterocycles. The molecule has 232 valence electrons. The highest BCUT2D eigenvalue weighted by Crippen LogP contribution is 2.35. The lowest BCUT2D eigenvalue weighted by atomic mass is 10.4. The Morgan fingerprint density at radius 2 is 1.36 bits per heavy atom. The summed E-state index contributed by atoms with van der Waals surface area (Å²) in [4.78, 5) is 32.6. The van der Waals surface area contributed by atoms with Crippen molar-refractivity contribution in [3.63, 3.8) is 0 Å². The summed E-state index contributed by atoms with van der Waals surface area (Å²) in [5.74, 6) is -0.473. The second kappa shape index (κ2) is 15.5. The number of nitrogens with zero attached hydrogens (tertiary/aromatic N) is 8. The minimum Gasteiger partial charge on any atom is -0.492 e. The number of nitrogens with two attached hydrogens (primary N) is 1. The van der Waals surface area contributed by atoms with E-state index in [9.17, 15) is 26.7 Å². The largest absolute Gasteiger partial charge is 0.534 e. The number of halogens is 3. The van der Waals surface area contributed by atoms with E-state index < -0.39 is 21.5 Å². The summed E-state index contributed by atoms with van der Waals surface area (Å²) < 4.78 is 63.1. The van der Waals surface area contributed by atoms with E-state index in [1.165, 1.54) is 36.1 Å². The Morgan fingerprint density at radius 3 is 1.75 bits per heavy atom. The number of alkyl halides is 3. The van der Waals surface area contributed by atoms with E-state index in [0.717, 1.165) is 22.6 Å². The topological polar surface area (TPSA) is 193 Å². The highest BCUT2D eigenvalue weighted by atomic mass is 32.2. The average Bonchev–Trinajstić information content (AvgIpc) is 3.61. The fourth-order valence-corrected chi connectivity index (χ4v) is 5.16. The third kappa shape index (κ3) is 9.36. The second-order valence-corrected chi connectivity index (χ2v) is 12.0. The molecular formula is C24H22F3N9O4S4. The highest BCUT2D eigenvalue weighted by Gasteiger charge is 2.49. The molecule has 0 saturated carbocycles. The molecule has 0 aliphatic rings. The Morgan fingerprint density at radius 1 is 0.864 bits per heavy atom. The van der Waals surface area contributed by atoms with Crippen molar-refractivity contribution >= 4 is 50.0 Å². The van der Waals surface area contributed by atoms with Crippen molar-refractivity contribution in [3.8, 4) is 33.2 Å². The number of hydrogen-bond acceptors (Lipinski definition) is 15. The normalized spacial score (nSPS) is 11.0. The van der Waals surface area contributed by atoms with Gasteiger partial charge in [-0.15, -0.1) is 22.7 Å². The van der Waals surface area contributed by atoms with E-state index in [0.29, 0.717) is 22.1 Å². The lowest BCUT2D eigenvalue weighted by molar-refractivity contribution is -0.0501. The maximum atomic E-state index is 12.3. The number of thiocarbonyl (C=S) groups is 1. The summed E-state index contributed by atoms with van der Waals surface area (Å²) in [7, 11) is -5.74. The Bertz CT molecular complexity index is 1760. The molecule has 0 fully saturated rings. The average molecular weight is 686 g/mol. The minimum absolute atomic E-state index is 0.109.